The minimum Gasteiger partial charge on any atom is -0.394 e. The molecule has 1 aliphatic heterocycles. The van der Waals surface area contributed by atoms with Crippen molar-refractivity contribution in [3.05, 3.63) is 72.9 Å². The van der Waals surface area contributed by atoms with Crippen LogP contribution in [-0.2, 0) is 14.3 Å². The monoisotopic (exact) mass is 1190 g/mol. The van der Waals surface area contributed by atoms with Gasteiger partial charge in [-0.05, 0) is 64.2 Å². The van der Waals surface area contributed by atoms with Gasteiger partial charge in [-0.25, -0.2) is 0 Å². The molecule has 0 saturated carbocycles. The van der Waals surface area contributed by atoms with Gasteiger partial charge in [0, 0.05) is 6.42 Å². The molecule has 0 aromatic carbocycles. The zero-order valence-corrected chi connectivity index (χ0v) is 55.6. The van der Waals surface area contributed by atoms with Crippen LogP contribution in [0.5, 0.6) is 0 Å². The highest BCUT2D eigenvalue weighted by molar-refractivity contribution is 5.76. The molecule has 1 fully saturated rings. The van der Waals surface area contributed by atoms with Crippen molar-refractivity contribution in [1.29, 1.82) is 0 Å². The molecule has 9 nitrogen and oxygen atoms in total. The Hall–Kier alpha value is -2.37. The number of unbranched alkanes of at least 4 members (excludes halogenated alkanes) is 42. The van der Waals surface area contributed by atoms with Crippen molar-refractivity contribution in [2.45, 2.75) is 391 Å². The Labute approximate surface area is 525 Å². The van der Waals surface area contributed by atoms with Crippen LogP contribution >= 0.6 is 0 Å². The zero-order valence-electron chi connectivity index (χ0n) is 55.6. The molecule has 7 atom stereocenters. The van der Waals surface area contributed by atoms with Crippen LogP contribution in [0, 0.1) is 0 Å². The van der Waals surface area contributed by atoms with E-state index in [1.807, 2.05) is 0 Å². The maximum Gasteiger partial charge on any atom is 0.220 e. The van der Waals surface area contributed by atoms with Crippen LogP contribution in [0.2, 0.25) is 0 Å². The highest BCUT2D eigenvalue weighted by Gasteiger charge is 2.44. The molecule has 1 rings (SSSR count). The maximum absolute atomic E-state index is 13.2. The molecule has 1 heterocycles. The van der Waals surface area contributed by atoms with Crippen molar-refractivity contribution in [3.63, 3.8) is 0 Å². The van der Waals surface area contributed by atoms with Gasteiger partial charge in [-0.2, -0.15) is 0 Å². The lowest BCUT2D eigenvalue weighted by atomic mass is 9.99. The van der Waals surface area contributed by atoms with Crippen LogP contribution < -0.4 is 5.32 Å². The molecule has 1 aliphatic rings. The van der Waals surface area contributed by atoms with Gasteiger partial charge in [0.05, 0.1) is 25.4 Å². The van der Waals surface area contributed by atoms with E-state index in [0.717, 1.165) is 83.5 Å². The summed E-state index contributed by atoms with van der Waals surface area (Å²) >= 11 is 0. The predicted octanol–water partition coefficient (Wildman–Crippen LogP) is 20.3. The largest absolute Gasteiger partial charge is 0.394 e. The summed E-state index contributed by atoms with van der Waals surface area (Å²) in [6.45, 7) is 3.76. The smallest absolute Gasteiger partial charge is 0.220 e. The minimum atomic E-state index is -1.56. The second-order valence-corrected chi connectivity index (χ2v) is 25.4. The fourth-order valence-electron chi connectivity index (χ4n) is 11.6. The van der Waals surface area contributed by atoms with Crippen molar-refractivity contribution in [1.82, 2.24) is 5.32 Å². The Balaban J connectivity index is 2.10. The van der Waals surface area contributed by atoms with Gasteiger partial charge in [0.15, 0.2) is 6.29 Å². The zero-order chi connectivity index (χ0) is 61.4. The summed E-state index contributed by atoms with van der Waals surface area (Å²) in [6.07, 6.45) is 84.1. The van der Waals surface area contributed by atoms with E-state index in [-0.39, 0.29) is 12.5 Å². The first kappa shape index (κ1) is 80.6. The summed E-state index contributed by atoms with van der Waals surface area (Å²) in [5.74, 6) is -0.147. The first-order valence-electron chi connectivity index (χ1n) is 36.6. The van der Waals surface area contributed by atoms with E-state index in [1.54, 1.807) is 0 Å². The summed E-state index contributed by atoms with van der Waals surface area (Å²) in [5.41, 5.74) is 0. The third-order valence-corrected chi connectivity index (χ3v) is 17.3. The molecular weight excluding hydrogens is 1050 g/mol. The van der Waals surface area contributed by atoms with Crippen molar-refractivity contribution in [3.8, 4) is 0 Å². The highest BCUT2D eigenvalue weighted by atomic mass is 16.7. The van der Waals surface area contributed by atoms with Gasteiger partial charge in [-0.1, -0.05) is 350 Å². The van der Waals surface area contributed by atoms with Crippen LogP contribution in [0.15, 0.2) is 72.9 Å². The average molecular weight is 1190 g/mol. The van der Waals surface area contributed by atoms with Gasteiger partial charge >= 0.3 is 0 Å². The molecule has 0 bridgehead atoms. The number of hydrogen-bond acceptors (Lipinski definition) is 8. The van der Waals surface area contributed by atoms with E-state index in [0.29, 0.717) is 12.8 Å². The lowest BCUT2D eigenvalue weighted by Crippen LogP contribution is -2.60. The van der Waals surface area contributed by atoms with E-state index in [4.69, 9.17) is 9.47 Å². The first-order valence-corrected chi connectivity index (χ1v) is 36.6. The minimum absolute atomic E-state index is 0.141. The van der Waals surface area contributed by atoms with Crippen molar-refractivity contribution >= 4 is 5.91 Å². The average Bonchev–Trinajstić information content (AvgIpc) is 3.56. The molecule has 0 spiro atoms. The molecular formula is C76H139NO8. The molecule has 496 valence electrons. The molecule has 0 aromatic heterocycles. The van der Waals surface area contributed by atoms with Crippen molar-refractivity contribution < 1.29 is 39.8 Å². The normalized spacial score (nSPS) is 18.5. The second kappa shape index (κ2) is 64.6. The Kier molecular flexibility index (Phi) is 61.3. The lowest BCUT2D eigenvalue weighted by molar-refractivity contribution is -0.302. The van der Waals surface area contributed by atoms with Crippen LogP contribution in [0.3, 0.4) is 0 Å². The van der Waals surface area contributed by atoms with E-state index >= 15 is 0 Å². The maximum atomic E-state index is 13.2. The number of rotatable bonds is 64. The summed E-state index contributed by atoms with van der Waals surface area (Å²) in [7, 11) is 0. The Bertz CT molecular complexity index is 1570. The molecule has 6 N–H and O–H groups in total. The molecule has 9 heteroatoms. The molecule has 85 heavy (non-hydrogen) atoms. The number of amides is 1. The van der Waals surface area contributed by atoms with E-state index in [1.165, 1.54) is 238 Å². The van der Waals surface area contributed by atoms with Gasteiger partial charge in [0.2, 0.25) is 5.91 Å². The van der Waals surface area contributed by atoms with E-state index in [2.05, 4.69) is 92.1 Å². The van der Waals surface area contributed by atoms with E-state index < -0.39 is 49.5 Å². The van der Waals surface area contributed by atoms with Gasteiger partial charge < -0.3 is 40.3 Å². The van der Waals surface area contributed by atoms with Crippen LogP contribution in [0.1, 0.15) is 348 Å². The van der Waals surface area contributed by atoms with Gasteiger partial charge in [-0.15, -0.1) is 0 Å². The Morgan fingerprint density at radius 3 is 1.08 bits per heavy atom. The number of ether oxygens (including phenoxy) is 2. The number of allylic oxidation sites excluding steroid dienone is 12. The Morgan fingerprint density at radius 1 is 0.412 bits per heavy atom. The number of nitrogens with one attached hydrogen (secondary N) is 1. The van der Waals surface area contributed by atoms with Crippen LogP contribution in [0.4, 0.5) is 0 Å². The Morgan fingerprint density at radius 2 is 0.729 bits per heavy atom. The molecule has 0 aliphatic carbocycles. The quantitative estimate of drug-likeness (QED) is 0.0261. The number of carbonyl (C=O) groups is 1. The van der Waals surface area contributed by atoms with Crippen molar-refractivity contribution in [2.24, 2.45) is 0 Å². The topological polar surface area (TPSA) is 149 Å². The summed E-state index contributed by atoms with van der Waals surface area (Å²) in [5, 5.41) is 55.0. The SMILES string of the molecule is CC/C=C\C/C=C\C/C=C\C/C=C\C/C=C\C/C=C\CCCCCCCCCCCCC(=O)NC(COC1OC(CO)C(O)C(O)C1O)C(O)CCCCCCCCCCCCCCCCCCCCCCCCCCCCCCCCCCC. The van der Waals surface area contributed by atoms with Crippen molar-refractivity contribution in [2.75, 3.05) is 13.2 Å². The first-order chi connectivity index (χ1) is 41.8. The lowest BCUT2D eigenvalue weighted by Gasteiger charge is -2.40. The standard InChI is InChI=1S/C76H139NO8/c1-3-5-7-9-11-13-15-17-19-21-23-25-27-29-31-33-34-35-36-38-39-41-43-45-47-49-51-53-55-57-59-61-63-65-70(79)69(68-84-76-75(83)74(82)73(81)71(67-78)85-76)77-72(80)66-64-62-60-58-56-54-52-50-48-46-44-42-40-37-32-30-28-26-24-22-20-18-16-14-12-10-8-6-4-2/h6,8,12,14,18,20,24,26,30,32,40,42,69-71,73-76,78-79,81-83H,3-5,7,9-11,13,15-17,19,21-23,25,27-29,31,33-39,41,43-68H2,1-2H3,(H,77,80)/b8-6-,14-12-,20-18-,26-24-,32-30-,42-40-. The molecule has 1 amide bonds. The third kappa shape index (κ3) is 53.2. The fraction of sp³-hybridized carbons (Fsp3) is 0.829. The van der Waals surface area contributed by atoms with Gasteiger partial charge in [0.25, 0.3) is 0 Å². The molecule has 0 radical (unpaired) electrons. The summed E-state index contributed by atoms with van der Waals surface area (Å²) < 4.78 is 11.4. The van der Waals surface area contributed by atoms with Gasteiger partial charge in [-0.3, -0.25) is 4.79 Å². The fourth-order valence-corrected chi connectivity index (χ4v) is 11.6. The summed E-state index contributed by atoms with van der Waals surface area (Å²) in [4.78, 5) is 13.2. The second-order valence-electron chi connectivity index (χ2n) is 25.4. The number of carbonyl (C=O) groups excluding carboxylic acids is 1. The number of aliphatic hydroxyl groups excluding tert-OH is 5. The van der Waals surface area contributed by atoms with E-state index in [9.17, 15) is 30.3 Å². The molecule has 1 saturated heterocycles. The molecule has 7 unspecified atom stereocenters. The highest BCUT2D eigenvalue weighted by Crippen LogP contribution is 2.24. The van der Waals surface area contributed by atoms with Gasteiger partial charge in [0.1, 0.15) is 24.4 Å². The van der Waals surface area contributed by atoms with Crippen LogP contribution in [-0.4, -0.2) is 87.5 Å². The predicted molar refractivity (Wildman–Crippen MR) is 364 cm³/mol. The molecule has 0 aromatic rings. The third-order valence-electron chi connectivity index (χ3n) is 17.3. The number of aliphatic hydroxyl groups is 5. The van der Waals surface area contributed by atoms with Crippen LogP contribution in [0.25, 0.3) is 0 Å². The summed E-state index contributed by atoms with van der Waals surface area (Å²) in [6, 6.07) is -0.728. The number of hydrogen-bond donors (Lipinski definition) is 6.